The summed E-state index contributed by atoms with van der Waals surface area (Å²) in [6, 6.07) is 19.1. The molecule has 0 unspecified atom stereocenters. The van der Waals surface area contributed by atoms with Crippen molar-refractivity contribution in [1.82, 2.24) is 5.06 Å². The summed E-state index contributed by atoms with van der Waals surface area (Å²) in [5.74, 6) is -2.03. The Morgan fingerprint density at radius 3 is 2.25 bits per heavy atom. The fraction of sp³-hybridized carbons (Fsp3) is 0.385. The molecule has 0 aliphatic carbocycles. The van der Waals surface area contributed by atoms with E-state index < -0.39 is 35.9 Å². The smallest absolute Gasteiger partial charge is 0.220 e. The first-order valence-corrected chi connectivity index (χ1v) is 10.8. The van der Waals surface area contributed by atoms with Crippen LogP contribution < -0.4 is 0 Å². The van der Waals surface area contributed by atoms with Gasteiger partial charge in [0.15, 0.2) is 5.79 Å². The van der Waals surface area contributed by atoms with Crippen LogP contribution in [0.3, 0.4) is 0 Å². The van der Waals surface area contributed by atoms with Crippen molar-refractivity contribution in [3.8, 4) is 0 Å². The van der Waals surface area contributed by atoms with Crippen LogP contribution >= 0.6 is 0 Å². The van der Waals surface area contributed by atoms with Gasteiger partial charge in [-0.2, -0.15) is 5.06 Å². The summed E-state index contributed by atoms with van der Waals surface area (Å²) in [5, 5.41) is 12.2. The molecule has 0 saturated carbocycles. The van der Waals surface area contributed by atoms with Gasteiger partial charge < -0.3 is 24.2 Å². The van der Waals surface area contributed by atoms with Gasteiger partial charge in [0.2, 0.25) is 5.79 Å². The zero-order valence-electron chi connectivity index (χ0n) is 18.6. The Labute approximate surface area is 189 Å². The zero-order chi connectivity index (χ0) is 22.8. The lowest BCUT2D eigenvalue weighted by molar-refractivity contribution is -0.262. The molecule has 170 valence electrons. The Morgan fingerprint density at radius 1 is 1.03 bits per heavy atom. The molecule has 6 heteroatoms. The Kier molecular flexibility index (Phi) is 6.62. The fourth-order valence-electron chi connectivity index (χ4n) is 4.41. The van der Waals surface area contributed by atoms with E-state index in [2.05, 4.69) is 13.2 Å². The third kappa shape index (κ3) is 4.57. The van der Waals surface area contributed by atoms with Crippen molar-refractivity contribution in [3.05, 3.63) is 97.1 Å². The summed E-state index contributed by atoms with van der Waals surface area (Å²) < 4.78 is 25.1. The number of hydrogen-bond donors (Lipinski definition) is 1. The maximum Gasteiger partial charge on any atom is 0.220 e. The summed E-state index contributed by atoms with van der Waals surface area (Å²) >= 11 is 0. The first-order chi connectivity index (χ1) is 15.4. The molecule has 2 aromatic rings. The molecule has 1 N–H and O–H groups in total. The third-order valence-corrected chi connectivity index (χ3v) is 5.83. The molecule has 4 rings (SSSR count). The first-order valence-electron chi connectivity index (χ1n) is 10.8. The minimum absolute atomic E-state index is 0.307. The number of ether oxygens (including phenoxy) is 4. The maximum absolute atomic E-state index is 11.0. The summed E-state index contributed by atoms with van der Waals surface area (Å²) in [5.41, 5.74) is 2.00. The van der Waals surface area contributed by atoms with E-state index in [1.165, 1.54) is 5.06 Å². The van der Waals surface area contributed by atoms with Gasteiger partial charge in [0.25, 0.3) is 0 Å². The molecule has 6 nitrogen and oxygen atoms in total. The maximum atomic E-state index is 11.0. The van der Waals surface area contributed by atoms with Gasteiger partial charge in [-0.1, -0.05) is 73.3 Å². The second-order valence-electron chi connectivity index (χ2n) is 8.62. The van der Waals surface area contributed by atoms with Crippen LogP contribution in [0, 0.1) is 0 Å². The van der Waals surface area contributed by atoms with E-state index in [0.29, 0.717) is 13.2 Å². The highest BCUT2D eigenvalue weighted by atomic mass is 16.9. The molecule has 2 aromatic carbocycles. The van der Waals surface area contributed by atoms with E-state index in [1.54, 1.807) is 12.2 Å². The zero-order valence-corrected chi connectivity index (χ0v) is 18.6. The topological polar surface area (TPSA) is 60.4 Å². The average Bonchev–Trinajstić information content (AvgIpc) is 3.21. The highest BCUT2D eigenvalue weighted by molar-refractivity contribution is 5.18. The molecule has 2 fully saturated rings. The largest absolute Gasteiger partial charge is 0.368 e. The minimum Gasteiger partial charge on any atom is -0.368 e. The molecular formula is C26H31NO5. The third-order valence-electron chi connectivity index (χ3n) is 5.83. The molecule has 0 amide bonds. The van der Waals surface area contributed by atoms with E-state index in [0.717, 1.165) is 11.1 Å². The van der Waals surface area contributed by atoms with Crippen LogP contribution in [-0.2, 0) is 32.1 Å². The van der Waals surface area contributed by atoms with Crippen molar-refractivity contribution in [2.75, 3.05) is 0 Å². The standard InChI is InChI=1S/C26H31NO5/c1-5-21(27(28)17-19-13-9-7-10-14-19)22-23(29-18-20-15-11-8-12-16-20)24-26(6-2,30-22)32-25(3,4)31-24/h5-16,21-24,28H,1-2,17-18H2,3-4H3/t21-,22+,23+,24+,26+/m1/s1. The predicted molar refractivity (Wildman–Crippen MR) is 121 cm³/mol. The summed E-state index contributed by atoms with van der Waals surface area (Å²) in [6.07, 6.45) is 1.61. The van der Waals surface area contributed by atoms with E-state index in [4.69, 9.17) is 18.9 Å². The van der Waals surface area contributed by atoms with E-state index in [9.17, 15) is 5.21 Å². The predicted octanol–water partition coefficient (Wildman–Crippen LogP) is 4.45. The summed E-state index contributed by atoms with van der Waals surface area (Å²) in [7, 11) is 0. The lowest BCUT2D eigenvalue weighted by atomic mass is 9.99. The first kappa shape index (κ1) is 22.9. The van der Waals surface area contributed by atoms with Crippen LogP contribution in [0.15, 0.2) is 86.0 Å². The van der Waals surface area contributed by atoms with Gasteiger partial charge in [-0.05, 0) is 31.1 Å². The second-order valence-corrected chi connectivity index (χ2v) is 8.62. The molecule has 0 aromatic heterocycles. The highest BCUT2D eigenvalue weighted by Gasteiger charge is 2.65. The van der Waals surface area contributed by atoms with Gasteiger partial charge in [0.05, 0.1) is 12.6 Å². The minimum atomic E-state index is -1.18. The summed E-state index contributed by atoms with van der Waals surface area (Å²) in [6.45, 7) is 12.2. The van der Waals surface area contributed by atoms with Gasteiger partial charge in [-0.15, -0.1) is 6.58 Å². The Hall–Kier alpha value is -2.32. The molecule has 2 aliphatic rings. The molecule has 0 bridgehead atoms. The number of benzene rings is 2. The van der Waals surface area contributed by atoms with Crippen LogP contribution in [0.1, 0.15) is 25.0 Å². The number of hydroxylamine groups is 2. The molecule has 2 saturated heterocycles. The lowest BCUT2D eigenvalue weighted by Gasteiger charge is -2.34. The SMILES string of the molecule is C=C[C@H]([C@@H]1O[C@@]2(C=C)OC(C)(C)O[C@H]2[C@H]1OCc1ccccc1)N(O)Cc1ccccc1. The molecule has 32 heavy (non-hydrogen) atoms. The van der Waals surface area contributed by atoms with Gasteiger partial charge in [-0.25, -0.2) is 0 Å². The molecule has 0 spiro atoms. The Bertz CT molecular complexity index is 918. The molecule has 0 radical (unpaired) electrons. The normalized spacial score (nSPS) is 29.6. The number of hydrogen-bond acceptors (Lipinski definition) is 6. The van der Waals surface area contributed by atoms with Crippen LogP contribution in [0.2, 0.25) is 0 Å². The van der Waals surface area contributed by atoms with Gasteiger partial charge in [-0.3, -0.25) is 0 Å². The van der Waals surface area contributed by atoms with Crippen molar-refractivity contribution >= 4 is 0 Å². The Morgan fingerprint density at radius 2 is 1.66 bits per heavy atom. The van der Waals surface area contributed by atoms with Crippen molar-refractivity contribution < 1.29 is 24.2 Å². The van der Waals surface area contributed by atoms with Gasteiger partial charge in [0.1, 0.15) is 18.3 Å². The average molecular weight is 438 g/mol. The van der Waals surface area contributed by atoms with E-state index in [1.807, 2.05) is 74.5 Å². The second kappa shape index (κ2) is 9.27. The van der Waals surface area contributed by atoms with E-state index >= 15 is 0 Å². The lowest BCUT2D eigenvalue weighted by Crippen LogP contribution is -2.48. The molecule has 5 atom stereocenters. The van der Waals surface area contributed by atoms with Crippen LogP contribution in [0.25, 0.3) is 0 Å². The molecular weight excluding hydrogens is 406 g/mol. The van der Waals surface area contributed by atoms with Crippen LogP contribution in [-0.4, -0.2) is 46.2 Å². The fourth-order valence-corrected chi connectivity index (χ4v) is 4.41. The van der Waals surface area contributed by atoms with Crippen molar-refractivity contribution in [3.63, 3.8) is 0 Å². The molecule has 2 aliphatic heterocycles. The van der Waals surface area contributed by atoms with Crippen LogP contribution in [0.5, 0.6) is 0 Å². The number of nitrogens with zero attached hydrogens (tertiary/aromatic N) is 1. The number of rotatable bonds is 9. The highest BCUT2D eigenvalue weighted by Crippen LogP contribution is 2.48. The van der Waals surface area contributed by atoms with Crippen LogP contribution in [0.4, 0.5) is 0 Å². The van der Waals surface area contributed by atoms with Crippen molar-refractivity contribution in [1.29, 1.82) is 0 Å². The summed E-state index contributed by atoms with van der Waals surface area (Å²) in [4.78, 5) is 0. The quantitative estimate of drug-likeness (QED) is 0.462. The van der Waals surface area contributed by atoms with Crippen molar-refractivity contribution in [2.24, 2.45) is 0 Å². The molecule has 2 heterocycles. The van der Waals surface area contributed by atoms with E-state index in [-0.39, 0.29) is 0 Å². The number of fused-ring (bicyclic) bond motifs is 1. The Balaban J connectivity index is 1.60. The van der Waals surface area contributed by atoms with Crippen molar-refractivity contribution in [2.45, 2.75) is 62.9 Å². The van der Waals surface area contributed by atoms with Gasteiger partial charge >= 0.3 is 0 Å². The monoisotopic (exact) mass is 437 g/mol. The van der Waals surface area contributed by atoms with Gasteiger partial charge in [0, 0.05) is 6.54 Å².